The quantitative estimate of drug-likeness (QED) is 0.329. The summed E-state index contributed by atoms with van der Waals surface area (Å²) in [6.07, 6.45) is 30.0. The van der Waals surface area contributed by atoms with Crippen LogP contribution in [0.4, 0.5) is 0 Å². The van der Waals surface area contributed by atoms with Crippen molar-refractivity contribution in [3.05, 3.63) is 93.6 Å². The van der Waals surface area contributed by atoms with E-state index in [1.165, 1.54) is 60.8 Å². The Labute approximate surface area is 233 Å². The summed E-state index contributed by atoms with van der Waals surface area (Å²) in [5, 5.41) is 0. The van der Waals surface area contributed by atoms with Gasteiger partial charge < -0.3 is 0 Å². The molecule has 1 aromatic rings. The van der Waals surface area contributed by atoms with Gasteiger partial charge in [0, 0.05) is 17.8 Å². The van der Waals surface area contributed by atoms with Crippen LogP contribution in [0, 0.1) is 29.1 Å². The minimum Gasteiger partial charge on any atom is -0.0807 e. The average molecular weight is 507 g/mol. The number of allylic oxidation sites excluding steroid dienone is 10. The highest BCUT2D eigenvalue weighted by atomic mass is 14.4. The van der Waals surface area contributed by atoms with Crippen LogP contribution in [0.2, 0.25) is 0 Å². The number of hydrogen-bond donors (Lipinski definition) is 0. The third-order valence-electron chi connectivity index (χ3n) is 9.82. The molecule has 0 heteroatoms. The minimum absolute atomic E-state index is 0.250. The monoisotopic (exact) mass is 506 g/mol. The van der Waals surface area contributed by atoms with Crippen LogP contribution in [-0.2, 0) is 0 Å². The summed E-state index contributed by atoms with van der Waals surface area (Å²) < 4.78 is 0. The number of hydrogen-bond acceptors (Lipinski definition) is 0. The summed E-state index contributed by atoms with van der Waals surface area (Å²) in [5.74, 6) is 3.31. The van der Waals surface area contributed by atoms with Crippen LogP contribution < -0.4 is 0 Å². The second-order valence-electron chi connectivity index (χ2n) is 13.6. The highest BCUT2D eigenvalue weighted by Gasteiger charge is 2.35. The van der Waals surface area contributed by atoms with Gasteiger partial charge >= 0.3 is 0 Å². The van der Waals surface area contributed by atoms with Crippen LogP contribution in [0.3, 0.4) is 0 Å². The highest BCUT2D eigenvalue weighted by Crippen LogP contribution is 2.50. The fourth-order valence-corrected chi connectivity index (χ4v) is 7.52. The molecule has 0 bridgehead atoms. The molecular weight excluding hydrogens is 456 g/mol. The van der Waals surface area contributed by atoms with E-state index < -0.39 is 0 Å². The van der Waals surface area contributed by atoms with Crippen LogP contribution in [0.15, 0.2) is 71.4 Å². The first-order valence-electron chi connectivity index (χ1n) is 15.6. The van der Waals surface area contributed by atoms with Crippen molar-refractivity contribution >= 4 is 12.2 Å². The first-order chi connectivity index (χ1) is 18.2. The maximum atomic E-state index is 2.60. The van der Waals surface area contributed by atoms with E-state index in [1.807, 2.05) is 0 Å². The number of rotatable bonds is 8. The number of benzene rings is 1. The van der Waals surface area contributed by atoms with E-state index in [0.717, 1.165) is 0 Å². The molecule has 4 aliphatic carbocycles. The molecule has 0 fully saturated rings. The van der Waals surface area contributed by atoms with Crippen molar-refractivity contribution in [1.29, 1.82) is 0 Å². The third kappa shape index (κ3) is 5.13. The van der Waals surface area contributed by atoms with Gasteiger partial charge in [-0.2, -0.15) is 0 Å². The lowest BCUT2D eigenvalue weighted by atomic mass is 9.66. The minimum atomic E-state index is 0.250. The standard InChI is InChI=1S/C38H50/c1-8-10-21-38(6,7)30-15-18-31-29(24-30)14-17-33-32(31)19-20-35-34(33)16-11-26(5)37(35)36-23-27(22-25(3)4)12-13-28(36)9-2/h11-12,14-20,23-26,28-29,31,37H,8-10,13,21-22H2,1-7H3. The molecule has 0 saturated carbocycles. The Morgan fingerprint density at radius 2 is 1.68 bits per heavy atom. The number of unbranched alkanes of at least 4 members (excludes halogenated alkanes) is 1. The zero-order valence-corrected chi connectivity index (χ0v) is 25.1. The summed E-state index contributed by atoms with van der Waals surface area (Å²) in [6.45, 7) is 16.6. The van der Waals surface area contributed by atoms with Crippen molar-refractivity contribution < 1.29 is 0 Å². The molecule has 1 aromatic carbocycles. The smallest absolute Gasteiger partial charge is 0.0125 e. The van der Waals surface area contributed by atoms with E-state index in [2.05, 4.69) is 115 Å². The van der Waals surface area contributed by atoms with Crippen LogP contribution >= 0.6 is 0 Å². The fraction of sp³-hybridized carbons (Fsp3) is 0.526. The van der Waals surface area contributed by atoms with E-state index in [0.29, 0.717) is 35.5 Å². The van der Waals surface area contributed by atoms with Crippen LogP contribution in [0.1, 0.15) is 121 Å². The lowest BCUT2D eigenvalue weighted by molar-refractivity contribution is 0.394. The Bertz CT molecular complexity index is 1220. The van der Waals surface area contributed by atoms with Crippen molar-refractivity contribution in [3.63, 3.8) is 0 Å². The lowest BCUT2D eigenvalue weighted by Crippen LogP contribution is -2.24. The summed E-state index contributed by atoms with van der Waals surface area (Å²) in [6, 6.07) is 4.98. The van der Waals surface area contributed by atoms with Gasteiger partial charge in [-0.25, -0.2) is 0 Å². The molecular formula is C38H50. The van der Waals surface area contributed by atoms with E-state index in [9.17, 15) is 0 Å². The number of fused-ring (bicyclic) bond motifs is 5. The maximum Gasteiger partial charge on any atom is 0.0125 e. The molecule has 0 aromatic heterocycles. The normalized spacial score (nSPS) is 27.9. The predicted molar refractivity (Wildman–Crippen MR) is 167 cm³/mol. The van der Waals surface area contributed by atoms with Gasteiger partial charge in [0.2, 0.25) is 0 Å². The van der Waals surface area contributed by atoms with Gasteiger partial charge in [-0.1, -0.05) is 139 Å². The van der Waals surface area contributed by atoms with Crippen molar-refractivity contribution in [2.45, 2.75) is 98.8 Å². The maximum absolute atomic E-state index is 2.60. The zero-order valence-electron chi connectivity index (χ0n) is 25.1. The van der Waals surface area contributed by atoms with E-state index in [4.69, 9.17) is 0 Å². The summed E-state index contributed by atoms with van der Waals surface area (Å²) in [7, 11) is 0. The predicted octanol–water partition coefficient (Wildman–Crippen LogP) is 11.2. The third-order valence-corrected chi connectivity index (χ3v) is 9.82. The van der Waals surface area contributed by atoms with Gasteiger partial charge in [0.25, 0.3) is 0 Å². The first kappa shape index (κ1) is 27.2. The molecule has 0 nitrogen and oxygen atoms in total. The van der Waals surface area contributed by atoms with Crippen molar-refractivity contribution in [1.82, 2.24) is 0 Å². The molecule has 0 radical (unpaired) electrons. The van der Waals surface area contributed by atoms with Gasteiger partial charge in [0.15, 0.2) is 0 Å². The molecule has 202 valence electrons. The Morgan fingerprint density at radius 1 is 0.947 bits per heavy atom. The van der Waals surface area contributed by atoms with E-state index in [-0.39, 0.29) is 5.41 Å². The Morgan fingerprint density at radius 3 is 2.42 bits per heavy atom. The summed E-state index contributed by atoms with van der Waals surface area (Å²) >= 11 is 0. The van der Waals surface area contributed by atoms with Crippen molar-refractivity contribution in [2.75, 3.05) is 0 Å². The van der Waals surface area contributed by atoms with Crippen molar-refractivity contribution in [3.8, 4) is 0 Å². The van der Waals surface area contributed by atoms with E-state index in [1.54, 1.807) is 16.7 Å². The molecule has 4 aliphatic rings. The van der Waals surface area contributed by atoms with Crippen LogP contribution in [0.25, 0.3) is 12.2 Å². The van der Waals surface area contributed by atoms with E-state index >= 15 is 0 Å². The second kappa shape index (κ2) is 11.0. The molecule has 38 heavy (non-hydrogen) atoms. The van der Waals surface area contributed by atoms with Gasteiger partial charge in [0.1, 0.15) is 0 Å². The highest BCUT2D eigenvalue weighted by molar-refractivity contribution is 5.76. The molecule has 0 spiro atoms. The van der Waals surface area contributed by atoms with Gasteiger partial charge in [-0.05, 0) is 76.7 Å². The zero-order chi connectivity index (χ0) is 27.0. The molecule has 5 unspecified atom stereocenters. The largest absolute Gasteiger partial charge is 0.0807 e. The molecule has 5 atom stereocenters. The molecule has 5 rings (SSSR count). The summed E-state index contributed by atoms with van der Waals surface area (Å²) in [4.78, 5) is 0. The Hall–Kier alpha value is -2.34. The van der Waals surface area contributed by atoms with Gasteiger partial charge in [-0.3, -0.25) is 0 Å². The SMILES string of the molecule is CCCCC(C)(C)C1=CC2C=Cc3c(ccc4c3C=CC(C)C4C3=CC(CC(C)C)=CCC3CC)C2C=C1. The lowest BCUT2D eigenvalue weighted by Gasteiger charge is -2.38. The average Bonchev–Trinajstić information content (AvgIpc) is 2.90. The molecule has 0 amide bonds. The Balaban J connectivity index is 1.50. The second-order valence-corrected chi connectivity index (χ2v) is 13.6. The fourth-order valence-electron chi connectivity index (χ4n) is 7.52. The molecule has 0 heterocycles. The topological polar surface area (TPSA) is 0 Å². The molecule has 0 saturated heterocycles. The Kier molecular flexibility index (Phi) is 7.91. The van der Waals surface area contributed by atoms with Crippen LogP contribution in [0.5, 0.6) is 0 Å². The molecule has 0 aliphatic heterocycles. The first-order valence-corrected chi connectivity index (χ1v) is 15.6. The van der Waals surface area contributed by atoms with Crippen LogP contribution in [-0.4, -0.2) is 0 Å². The van der Waals surface area contributed by atoms with Gasteiger partial charge in [0.05, 0.1) is 0 Å². The molecule has 0 N–H and O–H groups in total. The van der Waals surface area contributed by atoms with Gasteiger partial charge in [-0.15, -0.1) is 0 Å². The summed E-state index contributed by atoms with van der Waals surface area (Å²) in [5.41, 5.74) is 11.0. The van der Waals surface area contributed by atoms with Crippen molar-refractivity contribution in [2.24, 2.45) is 29.1 Å².